The zero-order valence-electron chi connectivity index (χ0n) is 10.5. The van der Waals surface area contributed by atoms with Gasteiger partial charge in [-0.15, -0.1) is 0 Å². The molecule has 0 amide bonds. The Morgan fingerprint density at radius 1 is 1.39 bits per heavy atom. The van der Waals surface area contributed by atoms with E-state index in [1.54, 1.807) is 12.1 Å². The Morgan fingerprint density at radius 2 is 2.17 bits per heavy atom. The predicted octanol–water partition coefficient (Wildman–Crippen LogP) is 2.33. The second kappa shape index (κ2) is 5.00. The van der Waals surface area contributed by atoms with E-state index in [1.165, 1.54) is 6.07 Å². The number of benzene rings is 1. The van der Waals surface area contributed by atoms with Gasteiger partial charge in [0, 0.05) is 12.2 Å². The Kier molecular flexibility index (Phi) is 3.41. The van der Waals surface area contributed by atoms with Crippen LogP contribution in [0.25, 0.3) is 0 Å². The van der Waals surface area contributed by atoms with Crippen LogP contribution in [-0.4, -0.2) is 14.9 Å². The summed E-state index contributed by atoms with van der Waals surface area (Å²) in [6.07, 6.45) is 1.91. The molecule has 5 nitrogen and oxygen atoms in total. The maximum Gasteiger partial charge on any atom is 0.146 e. The standard InChI is InChI=1S/C13H17N3O2/c1-9(2)16-7-6-10(15-16)8-18-12-5-3-4-11(17)13(12)14/h3-7,9,17H,8,14H2,1-2H3. The molecule has 96 valence electrons. The lowest BCUT2D eigenvalue weighted by Crippen LogP contribution is -2.04. The molecule has 0 saturated carbocycles. The molecule has 2 aromatic rings. The van der Waals surface area contributed by atoms with Crippen LogP contribution in [0.15, 0.2) is 30.5 Å². The van der Waals surface area contributed by atoms with Gasteiger partial charge in [-0.3, -0.25) is 4.68 Å². The summed E-state index contributed by atoms with van der Waals surface area (Å²) in [6, 6.07) is 7.15. The van der Waals surface area contributed by atoms with Crippen molar-refractivity contribution in [2.45, 2.75) is 26.5 Å². The third-order valence-electron chi connectivity index (χ3n) is 2.61. The van der Waals surface area contributed by atoms with E-state index in [9.17, 15) is 5.11 Å². The quantitative estimate of drug-likeness (QED) is 0.642. The monoisotopic (exact) mass is 247 g/mol. The summed E-state index contributed by atoms with van der Waals surface area (Å²) in [4.78, 5) is 0. The van der Waals surface area contributed by atoms with Gasteiger partial charge >= 0.3 is 0 Å². The van der Waals surface area contributed by atoms with Crippen LogP contribution in [0.4, 0.5) is 5.69 Å². The zero-order chi connectivity index (χ0) is 13.1. The molecule has 0 aliphatic carbocycles. The fourth-order valence-corrected chi connectivity index (χ4v) is 1.55. The molecule has 1 aromatic carbocycles. The van der Waals surface area contributed by atoms with Crippen molar-refractivity contribution < 1.29 is 9.84 Å². The molecule has 18 heavy (non-hydrogen) atoms. The summed E-state index contributed by atoms with van der Waals surface area (Å²) in [7, 11) is 0. The van der Waals surface area contributed by atoms with Crippen molar-refractivity contribution in [3.63, 3.8) is 0 Å². The number of aromatic nitrogens is 2. The lowest BCUT2D eigenvalue weighted by molar-refractivity contribution is 0.299. The van der Waals surface area contributed by atoms with E-state index >= 15 is 0 Å². The molecule has 3 N–H and O–H groups in total. The van der Waals surface area contributed by atoms with E-state index in [0.717, 1.165) is 5.69 Å². The minimum absolute atomic E-state index is 0.0280. The van der Waals surface area contributed by atoms with Crippen LogP contribution in [0.5, 0.6) is 11.5 Å². The third kappa shape index (κ3) is 2.56. The summed E-state index contributed by atoms with van der Waals surface area (Å²) < 4.78 is 7.40. The Balaban J connectivity index is 2.04. The number of nitrogens with two attached hydrogens (primary N) is 1. The number of anilines is 1. The zero-order valence-corrected chi connectivity index (χ0v) is 10.5. The van der Waals surface area contributed by atoms with Gasteiger partial charge in [-0.1, -0.05) is 6.07 Å². The van der Waals surface area contributed by atoms with E-state index in [0.29, 0.717) is 18.4 Å². The molecule has 0 fully saturated rings. The van der Waals surface area contributed by atoms with Crippen LogP contribution >= 0.6 is 0 Å². The molecule has 1 aromatic heterocycles. The first kappa shape index (κ1) is 12.3. The molecule has 0 radical (unpaired) electrons. The molecule has 2 rings (SSSR count). The molecule has 1 heterocycles. The summed E-state index contributed by atoms with van der Waals surface area (Å²) in [6.45, 7) is 4.45. The fourth-order valence-electron chi connectivity index (χ4n) is 1.55. The topological polar surface area (TPSA) is 73.3 Å². The first-order valence-electron chi connectivity index (χ1n) is 5.82. The summed E-state index contributed by atoms with van der Waals surface area (Å²) in [5.74, 6) is 0.495. The van der Waals surface area contributed by atoms with Gasteiger partial charge in [0.25, 0.3) is 0 Å². The van der Waals surface area contributed by atoms with Crippen molar-refractivity contribution in [2.75, 3.05) is 5.73 Å². The van der Waals surface area contributed by atoms with Crippen molar-refractivity contribution in [3.05, 3.63) is 36.2 Å². The largest absolute Gasteiger partial charge is 0.506 e. The molecule has 0 saturated heterocycles. The molecule has 0 atom stereocenters. The highest BCUT2D eigenvalue weighted by molar-refractivity contribution is 5.61. The summed E-state index contributed by atoms with van der Waals surface area (Å²) in [5, 5.41) is 13.8. The molecule has 0 aliphatic rings. The first-order chi connectivity index (χ1) is 8.58. The van der Waals surface area contributed by atoms with Gasteiger partial charge in [-0.2, -0.15) is 5.10 Å². The number of rotatable bonds is 4. The van der Waals surface area contributed by atoms with Gasteiger partial charge in [0.1, 0.15) is 23.8 Å². The third-order valence-corrected chi connectivity index (χ3v) is 2.61. The Bertz CT molecular complexity index is 535. The molecule has 0 bridgehead atoms. The van der Waals surface area contributed by atoms with Gasteiger partial charge in [-0.25, -0.2) is 0 Å². The van der Waals surface area contributed by atoms with Gasteiger partial charge in [0.05, 0.1) is 5.69 Å². The summed E-state index contributed by atoms with van der Waals surface area (Å²) in [5.41, 5.74) is 6.78. The van der Waals surface area contributed by atoms with E-state index in [4.69, 9.17) is 10.5 Å². The Labute approximate surface area is 106 Å². The number of phenolic OH excluding ortho intramolecular Hbond substituents is 1. The van der Waals surface area contributed by atoms with E-state index in [2.05, 4.69) is 18.9 Å². The number of phenols is 1. The van der Waals surface area contributed by atoms with E-state index < -0.39 is 0 Å². The minimum atomic E-state index is 0.0280. The average molecular weight is 247 g/mol. The molecule has 5 heteroatoms. The van der Waals surface area contributed by atoms with Crippen LogP contribution in [-0.2, 0) is 6.61 Å². The van der Waals surface area contributed by atoms with Crippen molar-refractivity contribution in [1.82, 2.24) is 9.78 Å². The van der Waals surface area contributed by atoms with Gasteiger partial charge in [0.2, 0.25) is 0 Å². The van der Waals surface area contributed by atoms with Crippen molar-refractivity contribution >= 4 is 5.69 Å². The SMILES string of the molecule is CC(C)n1ccc(COc2cccc(O)c2N)n1. The lowest BCUT2D eigenvalue weighted by Gasteiger charge is -2.08. The highest BCUT2D eigenvalue weighted by Crippen LogP contribution is 2.30. The highest BCUT2D eigenvalue weighted by Gasteiger charge is 2.07. The maximum absolute atomic E-state index is 9.45. The van der Waals surface area contributed by atoms with Crippen LogP contribution in [0.1, 0.15) is 25.6 Å². The lowest BCUT2D eigenvalue weighted by atomic mass is 10.3. The number of nitrogen functional groups attached to an aromatic ring is 1. The predicted molar refractivity (Wildman–Crippen MR) is 69.5 cm³/mol. The van der Waals surface area contributed by atoms with Crippen molar-refractivity contribution in [2.24, 2.45) is 0 Å². The number of nitrogens with zero attached hydrogens (tertiary/aromatic N) is 2. The summed E-state index contributed by atoms with van der Waals surface area (Å²) >= 11 is 0. The second-order valence-corrected chi connectivity index (χ2v) is 4.36. The normalized spacial score (nSPS) is 10.8. The Hall–Kier alpha value is -2.17. The second-order valence-electron chi connectivity index (χ2n) is 4.36. The van der Waals surface area contributed by atoms with Crippen LogP contribution in [0.2, 0.25) is 0 Å². The number of aromatic hydroxyl groups is 1. The smallest absolute Gasteiger partial charge is 0.146 e. The number of hydrogen-bond acceptors (Lipinski definition) is 4. The fraction of sp³-hybridized carbons (Fsp3) is 0.308. The molecule has 0 unspecified atom stereocenters. The van der Waals surface area contributed by atoms with Gasteiger partial charge in [-0.05, 0) is 32.0 Å². The molecule has 0 aliphatic heterocycles. The van der Waals surface area contributed by atoms with E-state index in [-0.39, 0.29) is 11.4 Å². The highest BCUT2D eigenvalue weighted by atomic mass is 16.5. The number of ether oxygens (including phenoxy) is 1. The van der Waals surface area contributed by atoms with Crippen LogP contribution in [0.3, 0.4) is 0 Å². The van der Waals surface area contributed by atoms with Crippen LogP contribution in [0, 0.1) is 0 Å². The minimum Gasteiger partial charge on any atom is -0.506 e. The molecular formula is C13H17N3O2. The van der Waals surface area contributed by atoms with Gasteiger partial charge < -0.3 is 15.6 Å². The average Bonchev–Trinajstić information content (AvgIpc) is 2.80. The Morgan fingerprint density at radius 3 is 2.83 bits per heavy atom. The van der Waals surface area contributed by atoms with Crippen LogP contribution < -0.4 is 10.5 Å². The maximum atomic E-state index is 9.45. The number of para-hydroxylation sites is 1. The number of hydrogen-bond donors (Lipinski definition) is 2. The van der Waals surface area contributed by atoms with Crippen molar-refractivity contribution in [3.8, 4) is 11.5 Å². The molecule has 0 spiro atoms. The van der Waals surface area contributed by atoms with E-state index in [1.807, 2.05) is 16.9 Å². The molecular weight excluding hydrogens is 230 g/mol. The van der Waals surface area contributed by atoms with Crippen molar-refractivity contribution in [1.29, 1.82) is 0 Å². The van der Waals surface area contributed by atoms with Gasteiger partial charge in [0.15, 0.2) is 0 Å². The first-order valence-corrected chi connectivity index (χ1v) is 5.82.